The second kappa shape index (κ2) is 9.36. The van der Waals surface area contributed by atoms with Crippen molar-refractivity contribution in [2.75, 3.05) is 16.3 Å². The average molecular weight is 553 g/mol. The number of amides is 2. The van der Waals surface area contributed by atoms with Crippen LogP contribution in [0.25, 0.3) is 11.6 Å². The summed E-state index contributed by atoms with van der Waals surface area (Å²) in [6.45, 7) is 13.6. The van der Waals surface area contributed by atoms with Gasteiger partial charge in [-0.3, -0.25) is 19.8 Å². The molecule has 5 nitrogen and oxygen atoms in total. The van der Waals surface area contributed by atoms with Crippen LogP contribution in [0.5, 0.6) is 0 Å². The van der Waals surface area contributed by atoms with Crippen molar-refractivity contribution in [3.63, 3.8) is 0 Å². The van der Waals surface area contributed by atoms with E-state index in [0.717, 1.165) is 39.7 Å². The Balaban J connectivity index is 1.80. The van der Waals surface area contributed by atoms with Crippen LogP contribution in [-0.2, 0) is 9.59 Å². The third-order valence-corrected chi connectivity index (χ3v) is 7.39. The highest BCUT2D eigenvalue weighted by Gasteiger charge is 2.36. The molecule has 1 saturated heterocycles. The van der Waals surface area contributed by atoms with Gasteiger partial charge in [-0.1, -0.05) is 28.9 Å². The zero-order chi connectivity index (χ0) is 25.7. The number of aryl methyl sites for hydroxylation is 2. The molecule has 0 aliphatic carbocycles. The Kier molecular flexibility index (Phi) is 6.77. The Morgan fingerprint density at radius 1 is 1.06 bits per heavy atom. The predicted octanol–water partition coefficient (Wildman–Crippen LogP) is 6.31. The predicted molar refractivity (Wildman–Crippen MR) is 152 cm³/mol. The van der Waals surface area contributed by atoms with Crippen molar-refractivity contribution in [2.24, 2.45) is 0 Å². The van der Waals surface area contributed by atoms with E-state index >= 15 is 0 Å². The van der Waals surface area contributed by atoms with Gasteiger partial charge >= 0.3 is 0 Å². The molecule has 2 aromatic rings. The standard InChI is InChI=1S/C28H30BrN3O2S/c1-7-10-31-24-12-16(2)19(13-21(24)18(4)15-28(31,5)6)14-22-25(33)30-27(35)32(26(22)34)23-9-8-20(29)11-17(23)3/h8-9,11-15H,7,10H2,1-6H3,(H,30,33,35)/b22-14-. The number of carbonyl (C=O) groups excluding carboxylic acids is 2. The van der Waals surface area contributed by atoms with Crippen molar-refractivity contribution in [1.29, 1.82) is 0 Å². The van der Waals surface area contributed by atoms with Crippen molar-refractivity contribution < 1.29 is 9.59 Å². The number of anilines is 2. The molecular weight excluding hydrogens is 522 g/mol. The molecule has 0 saturated carbocycles. The summed E-state index contributed by atoms with van der Waals surface area (Å²) in [4.78, 5) is 30.3. The van der Waals surface area contributed by atoms with E-state index in [0.29, 0.717) is 5.69 Å². The molecule has 0 unspecified atom stereocenters. The quantitative estimate of drug-likeness (QED) is 0.275. The summed E-state index contributed by atoms with van der Waals surface area (Å²) in [6.07, 6.45) is 5.01. The number of carbonyl (C=O) groups is 2. The van der Waals surface area contributed by atoms with Crippen molar-refractivity contribution >= 4 is 68.1 Å². The number of nitrogens with zero attached hydrogens (tertiary/aromatic N) is 2. The molecule has 0 aromatic heterocycles. The number of hydrogen-bond donors (Lipinski definition) is 1. The van der Waals surface area contributed by atoms with Crippen LogP contribution in [-0.4, -0.2) is 29.0 Å². The van der Waals surface area contributed by atoms with E-state index in [1.165, 1.54) is 16.2 Å². The Bertz CT molecular complexity index is 1330. The van der Waals surface area contributed by atoms with Gasteiger partial charge in [0.15, 0.2) is 5.11 Å². The fourth-order valence-electron chi connectivity index (χ4n) is 4.93. The number of allylic oxidation sites excluding steroid dienone is 1. The zero-order valence-corrected chi connectivity index (χ0v) is 23.4. The van der Waals surface area contributed by atoms with E-state index in [4.69, 9.17) is 12.2 Å². The third kappa shape index (κ3) is 4.59. The molecule has 4 rings (SSSR count). The summed E-state index contributed by atoms with van der Waals surface area (Å²) in [5.74, 6) is -0.911. The van der Waals surface area contributed by atoms with Crippen molar-refractivity contribution in [3.8, 4) is 0 Å². The topological polar surface area (TPSA) is 52.7 Å². The monoisotopic (exact) mass is 551 g/mol. The largest absolute Gasteiger partial charge is 0.362 e. The number of thiocarbonyl (C=S) groups is 1. The molecular formula is C28H30BrN3O2S. The van der Waals surface area contributed by atoms with Crippen LogP contribution < -0.4 is 15.1 Å². The fraction of sp³-hybridized carbons (Fsp3) is 0.321. The highest BCUT2D eigenvalue weighted by Crippen LogP contribution is 2.41. The Morgan fingerprint density at radius 3 is 2.43 bits per heavy atom. The highest BCUT2D eigenvalue weighted by atomic mass is 79.9. The van der Waals surface area contributed by atoms with Crippen LogP contribution in [0.3, 0.4) is 0 Å². The van der Waals surface area contributed by atoms with E-state index in [-0.39, 0.29) is 16.2 Å². The summed E-state index contributed by atoms with van der Waals surface area (Å²) >= 11 is 8.83. The summed E-state index contributed by atoms with van der Waals surface area (Å²) in [5.41, 5.74) is 6.82. The minimum Gasteiger partial charge on any atom is -0.362 e. The summed E-state index contributed by atoms with van der Waals surface area (Å²) in [7, 11) is 0. The van der Waals surface area contributed by atoms with Crippen molar-refractivity contribution in [3.05, 3.63) is 68.7 Å². The summed E-state index contributed by atoms with van der Waals surface area (Å²) in [5, 5.41) is 2.78. The van der Waals surface area contributed by atoms with E-state index in [1.807, 2.05) is 32.0 Å². The first-order valence-electron chi connectivity index (χ1n) is 11.7. The second-order valence-electron chi connectivity index (χ2n) is 9.75. The number of halogens is 1. The molecule has 1 fully saturated rings. The maximum atomic E-state index is 13.6. The summed E-state index contributed by atoms with van der Waals surface area (Å²) < 4.78 is 0.905. The van der Waals surface area contributed by atoms with Crippen LogP contribution in [0.1, 0.15) is 56.4 Å². The molecule has 0 bridgehead atoms. The molecule has 1 N–H and O–H groups in total. The minimum absolute atomic E-state index is 0.0622. The highest BCUT2D eigenvalue weighted by molar-refractivity contribution is 9.10. The van der Waals surface area contributed by atoms with Crippen LogP contribution >= 0.6 is 28.1 Å². The van der Waals surface area contributed by atoms with Gasteiger partial charge in [0.1, 0.15) is 5.57 Å². The average Bonchev–Trinajstić information content (AvgIpc) is 2.75. The smallest absolute Gasteiger partial charge is 0.270 e. The lowest BCUT2D eigenvalue weighted by molar-refractivity contribution is -0.122. The van der Waals surface area contributed by atoms with Gasteiger partial charge in [0.05, 0.1) is 11.2 Å². The maximum Gasteiger partial charge on any atom is 0.270 e. The fourth-order valence-corrected chi connectivity index (χ4v) is 5.68. The molecule has 7 heteroatoms. The first kappa shape index (κ1) is 25.3. The van der Waals surface area contributed by atoms with Crippen LogP contribution in [0, 0.1) is 13.8 Å². The lowest BCUT2D eigenvalue weighted by atomic mass is 9.86. The second-order valence-corrected chi connectivity index (χ2v) is 11.0. The number of nitrogens with one attached hydrogen (secondary N) is 1. The Labute approximate surface area is 221 Å². The van der Waals surface area contributed by atoms with Gasteiger partial charge in [-0.15, -0.1) is 0 Å². The van der Waals surface area contributed by atoms with Crippen LogP contribution in [0.2, 0.25) is 0 Å². The SMILES string of the molecule is CCCN1c2cc(C)c(/C=C3/C(=O)NC(=S)N(c4ccc(Br)cc4C)C3=O)cc2C(C)=CC1(C)C. The Morgan fingerprint density at radius 2 is 1.77 bits per heavy atom. The van der Waals surface area contributed by atoms with Gasteiger partial charge < -0.3 is 4.90 Å². The zero-order valence-electron chi connectivity index (χ0n) is 21.0. The van der Waals surface area contributed by atoms with Gasteiger partial charge in [0.2, 0.25) is 0 Å². The van der Waals surface area contributed by atoms with Gasteiger partial charge in [0, 0.05) is 22.3 Å². The molecule has 2 aliphatic heterocycles. The van der Waals surface area contributed by atoms with Crippen molar-refractivity contribution in [1.82, 2.24) is 5.32 Å². The van der Waals surface area contributed by atoms with E-state index in [9.17, 15) is 9.59 Å². The van der Waals surface area contributed by atoms with Crippen LogP contribution in [0.4, 0.5) is 11.4 Å². The van der Waals surface area contributed by atoms with Crippen molar-refractivity contribution in [2.45, 2.75) is 53.5 Å². The number of benzene rings is 2. The van der Waals surface area contributed by atoms with Gasteiger partial charge in [-0.2, -0.15) is 0 Å². The lowest BCUT2D eigenvalue weighted by Gasteiger charge is -2.43. The van der Waals surface area contributed by atoms with E-state index in [1.54, 1.807) is 6.08 Å². The van der Waals surface area contributed by atoms with Gasteiger partial charge in [-0.25, -0.2) is 0 Å². The lowest BCUT2D eigenvalue weighted by Crippen LogP contribution is -2.54. The molecule has 2 aliphatic rings. The molecule has 0 spiro atoms. The normalized spacial score (nSPS) is 18.5. The maximum absolute atomic E-state index is 13.6. The number of rotatable bonds is 4. The molecule has 2 heterocycles. The molecule has 0 radical (unpaired) electrons. The van der Waals surface area contributed by atoms with Gasteiger partial charge in [0.25, 0.3) is 11.8 Å². The van der Waals surface area contributed by atoms with Crippen LogP contribution in [0.15, 0.2) is 46.5 Å². The first-order valence-corrected chi connectivity index (χ1v) is 12.9. The molecule has 0 atom stereocenters. The van der Waals surface area contributed by atoms with E-state index < -0.39 is 11.8 Å². The Hall–Kier alpha value is -2.77. The third-order valence-electron chi connectivity index (χ3n) is 6.61. The van der Waals surface area contributed by atoms with Gasteiger partial charge in [-0.05, 0) is 112 Å². The van der Waals surface area contributed by atoms with E-state index in [2.05, 4.69) is 72.1 Å². The molecule has 182 valence electrons. The molecule has 2 amide bonds. The summed E-state index contributed by atoms with van der Waals surface area (Å²) in [6, 6.07) is 9.84. The minimum atomic E-state index is -0.482. The molecule has 35 heavy (non-hydrogen) atoms. The number of hydrogen-bond acceptors (Lipinski definition) is 4. The molecule has 2 aromatic carbocycles. The number of fused-ring (bicyclic) bond motifs is 1. The first-order chi connectivity index (χ1) is 16.4.